The van der Waals surface area contributed by atoms with Crippen molar-refractivity contribution in [3.8, 4) is 17.2 Å². The van der Waals surface area contributed by atoms with E-state index in [1.807, 2.05) is 63.2 Å². The topological polar surface area (TPSA) is 120 Å². The fourth-order valence-corrected chi connectivity index (χ4v) is 7.33. The summed E-state index contributed by atoms with van der Waals surface area (Å²) < 4.78 is 19.5. The van der Waals surface area contributed by atoms with Crippen molar-refractivity contribution in [2.24, 2.45) is 4.99 Å². The average molecular weight is 692 g/mol. The number of aromatic nitrogens is 1. The molecular weight excluding hydrogens is 655 g/mol. The smallest absolute Gasteiger partial charge is 0.335 e. The van der Waals surface area contributed by atoms with E-state index in [2.05, 4.69) is 0 Å². The molecule has 1 aliphatic heterocycles. The molecule has 6 rings (SSSR count). The maximum absolute atomic E-state index is 14.5. The number of thiazole rings is 1. The Hall–Kier alpha value is -5.68. The molecule has 11 heteroatoms. The largest absolute Gasteiger partial charge is 0.496 e. The number of carbonyl (C=O) groups is 2. The van der Waals surface area contributed by atoms with Crippen molar-refractivity contribution in [1.29, 1.82) is 0 Å². The molecule has 0 saturated heterocycles. The molecule has 0 radical (unpaired) electrons. The summed E-state index contributed by atoms with van der Waals surface area (Å²) in [5.74, 6) is 0.286. The lowest BCUT2D eigenvalue weighted by Gasteiger charge is -2.30. The highest BCUT2D eigenvalue weighted by Gasteiger charge is 2.36. The van der Waals surface area contributed by atoms with Crippen molar-refractivity contribution in [2.45, 2.75) is 33.4 Å². The number of hydrogen-bond donors (Lipinski definition) is 1. The first-order valence-corrected chi connectivity index (χ1v) is 17.0. The number of carboxylic acids is 1. The van der Waals surface area contributed by atoms with Crippen molar-refractivity contribution >= 4 is 40.1 Å². The highest BCUT2D eigenvalue weighted by molar-refractivity contribution is 7.07. The number of carboxylic acid groups (broad SMARTS) is 1. The van der Waals surface area contributed by atoms with Crippen LogP contribution in [0.2, 0.25) is 0 Å². The molecule has 0 fully saturated rings. The minimum atomic E-state index is -1.01. The van der Waals surface area contributed by atoms with E-state index >= 15 is 0 Å². The van der Waals surface area contributed by atoms with Gasteiger partial charge in [0.2, 0.25) is 0 Å². The molecule has 0 unspecified atom stereocenters. The summed E-state index contributed by atoms with van der Waals surface area (Å²) >= 11 is 1.25. The Kier molecular flexibility index (Phi) is 9.87. The van der Waals surface area contributed by atoms with E-state index in [1.54, 1.807) is 53.0 Å². The van der Waals surface area contributed by atoms with Gasteiger partial charge in [-0.25, -0.2) is 9.79 Å². The molecule has 0 spiro atoms. The van der Waals surface area contributed by atoms with Crippen LogP contribution in [0, 0.1) is 0 Å². The average Bonchev–Trinajstić information content (AvgIpc) is 3.43. The van der Waals surface area contributed by atoms with Gasteiger partial charge in [-0.1, -0.05) is 59.9 Å². The molecule has 1 N–H and O–H groups in total. The molecule has 1 amide bonds. The first-order chi connectivity index (χ1) is 24.2. The molecule has 0 aliphatic carbocycles. The molecule has 4 aromatic carbocycles. The van der Waals surface area contributed by atoms with E-state index in [0.29, 0.717) is 62.1 Å². The second kappa shape index (κ2) is 14.4. The van der Waals surface area contributed by atoms with Gasteiger partial charge in [-0.05, 0) is 79.1 Å². The van der Waals surface area contributed by atoms with Gasteiger partial charge in [0, 0.05) is 18.7 Å². The van der Waals surface area contributed by atoms with Gasteiger partial charge in [0.25, 0.3) is 11.5 Å². The molecule has 5 aromatic rings. The van der Waals surface area contributed by atoms with Crippen molar-refractivity contribution in [3.05, 3.63) is 132 Å². The van der Waals surface area contributed by atoms with Crippen molar-refractivity contribution in [2.75, 3.05) is 27.3 Å². The van der Waals surface area contributed by atoms with Crippen LogP contribution in [-0.2, 0) is 11.4 Å². The number of nitrogens with zero attached hydrogens (tertiary/aromatic N) is 3. The zero-order chi connectivity index (χ0) is 35.5. The number of aromatic carboxylic acids is 1. The highest BCUT2D eigenvalue weighted by atomic mass is 32.1. The molecule has 50 heavy (non-hydrogen) atoms. The minimum absolute atomic E-state index is 0.140. The number of fused-ring (bicyclic) bond motifs is 2. The fraction of sp³-hybridized carbons (Fsp3) is 0.231. The summed E-state index contributed by atoms with van der Waals surface area (Å²) in [6, 6.07) is 22.8. The lowest BCUT2D eigenvalue weighted by molar-refractivity contribution is -0.127. The van der Waals surface area contributed by atoms with Crippen LogP contribution in [0.3, 0.4) is 0 Å². The first kappa shape index (κ1) is 34.2. The van der Waals surface area contributed by atoms with E-state index in [4.69, 9.17) is 19.2 Å². The zero-order valence-corrected chi connectivity index (χ0v) is 29.2. The number of amides is 1. The molecule has 1 atom stereocenters. The van der Waals surface area contributed by atoms with Crippen LogP contribution in [0.4, 0.5) is 0 Å². The van der Waals surface area contributed by atoms with Crippen LogP contribution in [0.1, 0.15) is 53.9 Å². The number of rotatable bonds is 11. The summed E-state index contributed by atoms with van der Waals surface area (Å²) in [5, 5.41) is 11.1. The van der Waals surface area contributed by atoms with E-state index in [9.17, 15) is 19.5 Å². The summed E-state index contributed by atoms with van der Waals surface area (Å²) in [6.45, 7) is 6.84. The Balaban J connectivity index is 1.46. The third kappa shape index (κ3) is 6.39. The summed E-state index contributed by atoms with van der Waals surface area (Å²) in [6.07, 6.45) is 1.77. The van der Waals surface area contributed by atoms with Crippen LogP contribution in [0.15, 0.2) is 99.9 Å². The Bertz CT molecular complexity index is 2340. The third-order valence-corrected chi connectivity index (χ3v) is 9.76. The Morgan fingerprint density at radius 1 is 0.940 bits per heavy atom. The normalized spacial score (nSPS) is 14.3. The van der Waals surface area contributed by atoms with Gasteiger partial charge in [0.15, 0.2) is 16.3 Å². The van der Waals surface area contributed by atoms with E-state index < -0.39 is 12.0 Å². The van der Waals surface area contributed by atoms with E-state index in [1.165, 1.54) is 24.5 Å². The quantitative estimate of drug-likeness (QED) is 0.193. The summed E-state index contributed by atoms with van der Waals surface area (Å²) in [5.41, 5.74) is 2.98. The maximum Gasteiger partial charge on any atom is 0.335 e. The number of likely N-dealkylation sites (N-methyl/N-ethyl adjacent to an activating group) is 1. The number of carbonyl (C=O) groups excluding carboxylic acids is 1. The van der Waals surface area contributed by atoms with Crippen LogP contribution in [0.5, 0.6) is 17.2 Å². The van der Waals surface area contributed by atoms with Gasteiger partial charge >= 0.3 is 5.97 Å². The van der Waals surface area contributed by atoms with Crippen LogP contribution >= 0.6 is 11.3 Å². The standard InChI is InChI=1S/C39H37N3O7S/c1-6-41(7-2)37(44)33-23(3)40-39-42(35(33)34-28-14-9-8-12-26(28)16-18-30(34)47-4)36(43)32(50-39)21-24-15-17-29(31(20-24)48-5)49-22-25-11-10-13-27(19-25)38(45)46/h8-21,35H,6-7,22H2,1-5H3,(H,45,46)/b32-21+/t35-/m1/s1. The maximum atomic E-state index is 14.5. The third-order valence-electron chi connectivity index (χ3n) is 8.78. The van der Waals surface area contributed by atoms with Crippen LogP contribution in [0.25, 0.3) is 16.8 Å². The first-order valence-electron chi connectivity index (χ1n) is 16.2. The molecule has 256 valence electrons. The van der Waals surface area contributed by atoms with Crippen molar-refractivity contribution in [3.63, 3.8) is 0 Å². The molecule has 0 bridgehead atoms. The van der Waals surface area contributed by atoms with Gasteiger partial charge in [-0.15, -0.1) is 0 Å². The molecule has 1 aromatic heterocycles. The Morgan fingerprint density at radius 2 is 1.68 bits per heavy atom. The Labute approximate surface area is 292 Å². The SMILES string of the molecule is CCN(CC)C(=O)C1=C(C)N=c2s/c(=C/c3ccc(OCc4cccc(C(=O)O)c4)c(OC)c3)c(=O)n2[C@H]1c1c(OC)ccc2ccccc12. The lowest BCUT2D eigenvalue weighted by atomic mass is 9.90. The van der Waals surface area contributed by atoms with E-state index in [-0.39, 0.29) is 23.6 Å². The second-order valence-corrected chi connectivity index (χ2v) is 12.7. The van der Waals surface area contributed by atoms with Crippen LogP contribution < -0.4 is 29.1 Å². The van der Waals surface area contributed by atoms with Gasteiger partial charge in [0.05, 0.1) is 35.6 Å². The fourth-order valence-electron chi connectivity index (χ4n) is 6.28. The predicted molar refractivity (Wildman–Crippen MR) is 193 cm³/mol. The molecule has 2 heterocycles. The molecule has 0 saturated carbocycles. The van der Waals surface area contributed by atoms with Crippen molar-refractivity contribution in [1.82, 2.24) is 9.47 Å². The molecule has 10 nitrogen and oxygen atoms in total. The van der Waals surface area contributed by atoms with Crippen LogP contribution in [-0.4, -0.2) is 53.8 Å². The zero-order valence-electron chi connectivity index (χ0n) is 28.4. The van der Waals surface area contributed by atoms with Gasteiger partial charge in [-0.3, -0.25) is 14.2 Å². The predicted octanol–water partition coefficient (Wildman–Crippen LogP) is 5.55. The minimum Gasteiger partial charge on any atom is -0.496 e. The summed E-state index contributed by atoms with van der Waals surface area (Å²) in [7, 11) is 3.12. The number of allylic oxidation sites excluding steroid dienone is 1. The number of ether oxygens (including phenoxy) is 3. The number of methoxy groups -OCH3 is 2. The van der Waals surface area contributed by atoms with Gasteiger partial charge < -0.3 is 24.2 Å². The van der Waals surface area contributed by atoms with Gasteiger partial charge in [0.1, 0.15) is 18.4 Å². The lowest BCUT2D eigenvalue weighted by Crippen LogP contribution is -2.43. The molecular formula is C39H37N3O7S. The summed E-state index contributed by atoms with van der Waals surface area (Å²) in [4.78, 5) is 47.1. The van der Waals surface area contributed by atoms with Crippen molar-refractivity contribution < 1.29 is 28.9 Å². The number of hydrogen-bond acceptors (Lipinski definition) is 8. The Morgan fingerprint density at radius 3 is 2.40 bits per heavy atom. The number of benzene rings is 4. The second-order valence-electron chi connectivity index (χ2n) is 11.7. The molecule has 1 aliphatic rings. The highest BCUT2D eigenvalue weighted by Crippen LogP contribution is 2.40. The van der Waals surface area contributed by atoms with E-state index in [0.717, 1.165) is 16.3 Å². The monoisotopic (exact) mass is 691 g/mol. The van der Waals surface area contributed by atoms with Gasteiger partial charge in [-0.2, -0.15) is 0 Å².